The normalized spacial score (nSPS) is 11.5. The number of halogens is 1. The highest BCUT2D eigenvalue weighted by Crippen LogP contribution is 2.38. The Morgan fingerprint density at radius 2 is 2.03 bits per heavy atom. The molecule has 3 heterocycles. The molecule has 35 heavy (non-hydrogen) atoms. The average molecular weight is 501 g/mol. The zero-order valence-corrected chi connectivity index (χ0v) is 20.7. The van der Waals surface area contributed by atoms with Gasteiger partial charge in [0.15, 0.2) is 27.2 Å². The summed E-state index contributed by atoms with van der Waals surface area (Å²) in [6, 6.07) is 5.54. The number of benzene rings is 1. The standard InChI is InChI=1S/C22H25FN8O3S/c1-6-31(17-8-7-15(10-16(17)23)35(5,32)33)22-26-19(14-11-24-30(3)12-14)20(34-4)21(27-22)25-18-9-13(2)28-29-18/h7-12H,6H2,1-5H3,(H2,25,26,27,28,29). The first-order chi connectivity index (χ1) is 16.6. The Balaban J connectivity index is 1.89. The van der Waals surface area contributed by atoms with Gasteiger partial charge in [0.2, 0.25) is 5.95 Å². The molecule has 13 heteroatoms. The van der Waals surface area contributed by atoms with Crippen LogP contribution in [-0.2, 0) is 16.9 Å². The Hall–Kier alpha value is -4.00. The van der Waals surface area contributed by atoms with Gasteiger partial charge in [-0.2, -0.15) is 15.2 Å². The summed E-state index contributed by atoms with van der Waals surface area (Å²) in [6.07, 6.45) is 4.43. The van der Waals surface area contributed by atoms with Gasteiger partial charge in [0.1, 0.15) is 11.5 Å². The van der Waals surface area contributed by atoms with E-state index in [4.69, 9.17) is 4.74 Å². The van der Waals surface area contributed by atoms with Gasteiger partial charge in [-0.05, 0) is 32.0 Å². The Morgan fingerprint density at radius 1 is 1.26 bits per heavy atom. The molecule has 0 saturated heterocycles. The smallest absolute Gasteiger partial charge is 0.232 e. The average Bonchev–Trinajstić information content (AvgIpc) is 3.42. The molecule has 2 N–H and O–H groups in total. The van der Waals surface area contributed by atoms with Crippen molar-refractivity contribution in [1.29, 1.82) is 0 Å². The largest absolute Gasteiger partial charge is 0.491 e. The molecule has 1 aromatic carbocycles. The summed E-state index contributed by atoms with van der Waals surface area (Å²) < 4.78 is 46.1. The van der Waals surface area contributed by atoms with E-state index in [0.717, 1.165) is 18.0 Å². The molecule has 4 rings (SSSR count). The van der Waals surface area contributed by atoms with E-state index in [2.05, 4.69) is 30.6 Å². The Bertz CT molecular complexity index is 1480. The summed E-state index contributed by atoms with van der Waals surface area (Å²) in [4.78, 5) is 10.7. The highest BCUT2D eigenvalue weighted by Gasteiger charge is 2.24. The van der Waals surface area contributed by atoms with Gasteiger partial charge in [-0.15, -0.1) is 0 Å². The molecule has 0 amide bonds. The second kappa shape index (κ2) is 9.33. The van der Waals surface area contributed by atoms with Crippen molar-refractivity contribution in [3.8, 4) is 17.0 Å². The lowest BCUT2D eigenvalue weighted by Gasteiger charge is -2.24. The highest BCUT2D eigenvalue weighted by atomic mass is 32.2. The molecular formula is C22H25FN8O3S. The van der Waals surface area contributed by atoms with E-state index in [-0.39, 0.29) is 16.5 Å². The number of H-pyrrole nitrogens is 1. The van der Waals surface area contributed by atoms with E-state index in [1.54, 1.807) is 35.1 Å². The number of aryl methyl sites for hydroxylation is 2. The molecule has 0 unspecified atom stereocenters. The molecule has 11 nitrogen and oxygen atoms in total. The molecule has 0 aliphatic rings. The van der Waals surface area contributed by atoms with Crippen molar-refractivity contribution >= 4 is 33.1 Å². The maximum Gasteiger partial charge on any atom is 0.232 e. The molecule has 0 aliphatic heterocycles. The third kappa shape index (κ3) is 4.94. The Morgan fingerprint density at radius 3 is 2.57 bits per heavy atom. The van der Waals surface area contributed by atoms with Gasteiger partial charge in [-0.3, -0.25) is 9.78 Å². The number of sulfone groups is 1. The number of hydrogen-bond donors (Lipinski definition) is 2. The summed E-state index contributed by atoms with van der Waals surface area (Å²) in [7, 11) is -0.284. The topological polar surface area (TPSA) is 131 Å². The van der Waals surface area contributed by atoms with Crippen molar-refractivity contribution in [2.75, 3.05) is 30.1 Å². The summed E-state index contributed by atoms with van der Waals surface area (Å²) in [5, 5.41) is 14.4. The number of anilines is 4. The zero-order valence-electron chi connectivity index (χ0n) is 19.9. The molecule has 3 aromatic heterocycles. The fourth-order valence-electron chi connectivity index (χ4n) is 3.54. The van der Waals surface area contributed by atoms with Gasteiger partial charge >= 0.3 is 0 Å². The Labute approximate surface area is 201 Å². The van der Waals surface area contributed by atoms with Crippen molar-refractivity contribution < 1.29 is 17.5 Å². The number of hydrogen-bond acceptors (Lipinski definition) is 9. The number of aromatic nitrogens is 6. The van der Waals surface area contributed by atoms with Crippen molar-refractivity contribution in [3.05, 3.63) is 48.2 Å². The number of methoxy groups -OCH3 is 1. The van der Waals surface area contributed by atoms with E-state index in [1.807, 2.05) is 13.8 Å². The monoisotopic (exact) mass is 500 g/mol. The molecule has 184 valence electrons. The molecule has 0 saturated carbocycles. The molecule has 0 fully saturated rings. The predicted molar refractivity (Wildman–Crippen MR) is 130 cm³/mol. The lowest BCUT2D eigenvalue weighted by molar-refractivity contribution is 0.415. The molecule has 0 atom stereocenters. The summed E-state index contributed by atoms with van der Waals surface area (Å²) >= 11 is 0. The second-order valence-electron chi connectivity index (χ2n) is 7.85. The minimum atomic E-state index is -3.56. The quantitative estimate of drug-likeness (QED) is 0.374. The third-order valence-corrected chi connectivity index (χ3v) is 6.29. The van der Waals surface area contributed by atoms with Crippen LogP contribution in [0.15, 0.2) is 41.6 Å². The van der Waals surface area contributed by atoms with E-state index < -0.39 is 15.7 Å². The van der Waals surface area contributed by atoms with Crippen molar-refractivity contribution in [1.82, 2.24) is 29.9 Å². The minimum Gasteiger partial charge on any atom is -0.491 e. The highest BCUT2D eigenvalue weighted by molar-refractivity contribution is 7.90. The zero-order chi connectivity index (χ0) is 25.3. The fraction of sp³-hybridized carbons (Fsp3) is 0.273. The fourth-order valence-corrected chi connectivity index (χ4v) is 4.17. The number of ether oxygens (including phenoxy) is 1. The van der Waals surface area contributed by atoms with Crippen LogP contribution in [0.25, 0.3) is 11.3 Å². The van der Waals surface area contributed by atoms with Crippen LogP contribution in [0.3, 0.4) is 0 Å². The number of rotatable bonds is 8. The van der Waals surface area contributed by atoms with Gasteiger partial charge in [-0.1, -0.05) is 0 Å². The number of nitrogens with one attached hydrogen (secondary N) is 2. The van der Waals surface area contributed by atoms with E-state index >= 15 is 4.39 Å². The summed E-state index contributed by atoms with van der Waals surface area (Å²) in [6.45, 7) is 3.98. The van der Waals surface area contributed by atoms with Gasteiger partial charge in [0, 0.05) is 43.4 Å². The molecule has 0 aliphatic carbocycles. The summed E-state index contributed by atoms with van der Waals surface area (Å²) in [5.74, 6) is 0.637. The SMILES string of the molecule is CCN(c1nc(Nc2cc(C)[nH]n2)c(OC)c(-c2cnn(C)c2)n1)c1ccc(S(C)(=O)=O)cc1F. The molecule has 4 aromatic rings. The molecule has 0 radical (unpaired) electrons. The number of nitrogens with zero attached hydrogens (tertiary/aromatic N) is 6. The van der Waals surface area contributed by atoms with Gasteiger partial charge in [0.25, 0.3) is 0 Å². The van der Waals surface area contributed by atoms with Crippen LogP contribution < -0.4 is 15.0 Å². The van der Waals surface area contributed by atoms with E-state index in [9.17, 15) is 8.42 Å². The predicted octanol–water partition coefficient (Wildman–Crippen LogP) is 3.36. The maximum atomic E-state index is 15.1. The summed E-state index contributed by atoms with van der Waals surface area (Å²) in [5.41, 5.74) is 2.07. The van der Waals surface area contributed by atoms with Gasteiger partial charge < -0.3 is 15.0 Å². The van der Waals surface area contributed by atoms with Crippen LogP contribution in [0.4, 0.5) is 27.7 Å². The lowest BCUT2D eigenvalue weighted by atomic mass is 10.2. The second-order valence-corrected chi connectivity index (χ2v) is 9.86. The van der Waals surface area contributed by atoms with Gasteiger partial charge in [0.05, 0.1) is 23.9 Å². The first-order valence-electron chi connectivity index (χ1n) is 10.6. The van der Waals surface area contributed by atoms with Gasteiger partial charge in [-0.25, -0.2) is 17.8 Å². The van der Waals surface area contributed by atoms with Crippen LogP contribution in [-0.4, -0.2) is 58.3 Å². The van der Waals surface area contributed by atoms with Crippen LogP contribution in [0.5, 0.6) is 5.75 Å². The van der Waals surface area contributed by atoms with E-state index in [0.29, 0.717) is 35.2 Å². The van der Waals surface area contributed by atoms with Crippen LogP contribution >= 0.6 is 0 Å². The van der Waals surface area contributed by atoms with Crippen LogP contribution in [0.1, 0.15) is 12.6 Å². The maximum absolute atomic E-state index is 15.1. The van der Waals surface area contributed by atoms with Crippen LogP contribution in [0.2, 0.25) is 0 Å². The minimum absolute atomic E-state index is 0.113. The van der Waals surface area contributed by atoms with Crippen molar-refractivity contribution in [3.63, 3.8) is 0 Å². The van der Waals surface area contributed by atoms with Crippen molar-refractivity contribution in [2.24, 2.45) is 7.05 Å². The van der Waals surface area contributed by atoms with Crippen molar-refractivity contribution in [2.45, 2.75) is 18.7 Å². The van der Waals surface area contributed by atoms with Crippen LogP contribution in [0, 0.1) is 12.7 Å². The number of aromatic amines is 1. The van der Waals surface area contributed by atoms with E-state index in [1.165, 1.54) is 19.2 Å². The first kappa shape index (κ1) is 24.1. The molecule has 0 bridgehead atoms. The first-order valence-corrected chi connectivity index (χ1v) is 12.5. The molecular weight excluding hydrogens is 475 g/mol. The lowest BCUT2D eigenvalue weighted by Crippen LogP contribution is -2.21. The third-order valence-electron chi connectivity index (χ3n) is 5.18. The molecule has 0 spiro atoms. The Kier molecular flexibility index (Phi) is 6.43.